The fraction of sp³-hybridized carbons (Fsp3) is 0.167. The van der Waals surface area contributed by atoms with Gasteiger partial charge in [-0.3, -0.25) is 14.9 Å². The van der Waals surface area contributed by atoms with Gasteiger partial charge in [-0.15, -0.1) is 0 Å². The lowest BCUT2D eigenvalue weighted by molar-refractivity contribution is -0.384. The second kappa shape index (κ2) is 10.8. The highest BCUT2D eigenvalue weighted by Gasteiger charge is 2.33. The number of carbonyl (C=O) groups excluding carboxylic acids is 2. The zero-order valence-corrected chi connectivity index (χ0v) is 19.1. The zero-order chi connectivity index (χ0) is 26.5. The molecular formula is C24H21F3N4O5. The maximum absolute atomic E-state index is 13.3. The molecule has 1 unspecified atom stereocenters. The molecule has 188 valence electrons. The van der Waals surface area contributed by atoms with E-state index in [1.807, 2.05) is 0 Å². The number of rotatable bonds is 7. The molecule has 0 saturated carbocycles. The molecule has 0 aliphatic heterocycles. The van der Waals surface area contributed by atoms with Crippen molar-refractivity contribution in [3.63, 3.8) is 0 Å². The molecular weight excluding hydrogens is 481 g/mol. The fourth-order valence-electron chi connectivity index (χ4n) is 3.36. The summed E-state index contributed by atoms with van der Waals surface area (Å²) in [4.78, 5) is 36.3. The Balaban J connectivity index is 1.86. The number of nitrogens with one attached hydrogen (secondary N) is 3. The minimum absolute atomic E-state index is 0.0106. The first-order chi connectivity index (χ1) is 17.0. The molecule has 0 bridgehead atoms. The third-order valence-corrected chi connectivity index (χ3v) is 5.12. The van der Waals surface area contributed by atoms with E-state index in [0.717, 1.165) is 12.1 Å². The first-order valence-electron chi connectivity index (χ1n) is 10.4. The molecule has 9 nitrogen and oxygen atoms in total. The lowest BCUT2D eigenvalue weighted by Crippen LogP contribution is -2.39. The largest absolute Gasteiger partial charge is 0.495 e. The Morgan fingerprint density at radius 3 is 2.31 bits per heavy atom. The van der Waals surface area contributed by atoms with Gasteiger partial charge in [-0.2, -0.15) is 13.2 Å². The number of anilines is 2. The Labute approximate surface area is 203 Å². The topological polar surface area (TPSA) is 123 Å². The molecule has 0 aliphatic rings. The summed E-state index contributed by atoms with van der Waals surface area (Å²) < 4.78 is 44.9. The van der Waals surface area contributed by atoms with Gasteiger partial charge in [0.05, 0.1) is 23.3 Å². The van der Waals surface area contributed by atoms with Crippen LogP contribution in [0.15, 0.2) is 66.7 Å². The number of nitrogens with zero attached hydrogens (tertiary/aromatic N) is 1. The van der Waals surface area contributed by atoms with E-state index in [4.69, 9.17) is 4.74 Å². The molecule has 3 N–H and O–H groups in total. The number of benzene rings is 3. The second-order valence-corrected chi connectivity index (χ2v) is 7.60. The van der Waals surface area contributed by atoms with E-state index >= 15 is 0 Å². The summed E-state index contributed by atoms with van der Waals surface area (Å²) in [5.41, 5.74) is -1.00. The number of urea groups is 1. The summed E-state index contributed by atoms with van der Waals surface area (Å²) in [6.45, 7) is 1.30. The Hall–Kier alpha value is -4.61. The predicted octanol–water partition coefficient (Wildman–Crippen LogP) is 5.43. The third kappa shape index (κ3) is 6.29. The molecule has 3 amide bonds. The SMILES string of the molecule is COc1ccc([N+](=O)[O-])cc1NC(=O)NC(C(=O)Nc1ccc(C)c(C(F)(F)F)c1)c1ccccc1. The zero-order valence-electron chi connectivity index (χ0n) is 19.1. The number of halogens is 3. The maximum atomic E-state index is 13.3. The minimum Gasteiger partial charge on any atom is -0.495 e. The van der Waals surface area contributed by atoms with Crippen molar-refractivity contribution in [2.24, 2.45) is 0 Å². The normalized spacial score (nSPS) is 11.8. The number of nitro benzene ring substituents is 1. The highest BCUT2D eigenvalue weighted by atomic mass is 19.4. The van der Waals surface area contributed by atoms with Crippen molar-refractivity contribution >= 4 is 29.0 Å². The molecule has 0 aromatic heterocycles. The van der Waals surface area contributed by atoms with E-state index in [-0.39, 0.29) is 28.4 Å². The average molecular weight is 502 g/mol. The van der Waals surface area contributed by atoms with Gasteiger partial charge in [0.2, 0.25) is 0 Å². The van der Waals surface area contributed by atoms with Crippen molar-refractivity contribution < 1.29 is 32.4 Å². The van der Waals surface area contributed by atoms with Gasteiger partial charge >= 0.3 is 12.2 Å². The van der Waals surface area contributed by atoms with Crippen LogP contribution >= 0.6 is 0 Å². The Morgan fingerprint density at radius 2 is 1.69 bits per heavy atom. The van der Waals surface area contributed by atoms with E-state index in [9.17, 15) is 32.9 Å². The van der Waals surface area contributed by atoms with Crippen molar-refractivity contribution in [1.29, 1.82) is 0 Å². The highest BCUT2D eigenvalue weighted by molar-refractivity contribution is 6.00. The van der Waals surface area contributed by atoms with Crippen LogP contribution in [0.1, 0.15) is 22.7 Å². The third-order valence-electron chi connectivity index (χ3n) is 5.12. The van der Waals surface area contributed by atoms with Crippen LogP contribution in [0.3, 0.4) is 0 Å². The van der Waals surface area contributed by atoms with Crippen LogP contribution in [0.4, 0.5) is 35.0 Å². The Kier molecular flexibility index (Phi) is 7.77. The van der Waals surface area contributed by atoms with Crippen LogP contribution in [0.25, 0.3) is 0 Å². The molecule has 0 heterocycles. The summed E-state index contributed by atoms with van der Waals surface area (Å²) in [6.07, 6.45) is -4.61. The monoisotopic (exact) mass is 502 g/mol. The molecule has 3 aromatic carbocycles. The quantitative estimate of drug-likeness (QED) is 0.294. The summed E-state index contributed by atoms with van der Waals surface area (Å²) in [5, 5.41) is 18.3. The van der Waals surface area contributed by atoms with Crippen molar-refractivity contribution in [3.8, 4) is 5.75 Å². The molecule has 12 heteroatoms. The van der Waals surface area contributed by atoms with E-state index < -0.39 is 34.6 Å². The van der Waals surface area contributed by atoms with Crippen LogP contribution in [-0.2, 0) is 11.0 Å². The van der Waals surface area contributed by atoms with Gasteiger partial charge in [-0.1, -0.05) is 36.4 Å². The van der Waals surface area contributed by atoms with Crippen LogP contribution in [0.5, 0.6) is 5.75 Å². The van der Waals surface area contributed by atoms with Gasteiger partial charge in [0.25, 0.3) is 11.6 Å². The molecule has 3 rings (SSSR count). The van der Waals surface area contributed by atoms with Crippen molar-refractivity contribution in [2.45, 2.75) is 19.1 Å². The number of methoxy groups -OCH3 is 1. The molecule has 3 aromatic rings. The fourth-order valence-corrected chi connectivity index (χ4v) is 3.36. The van der Waals surface area contributed by atoms with Gasteiger partial charge < -0.3 is 20.7 Å². The average Bonchev–Trinajstić information content (AvgIpc) is 2.83. The summed E-state index contributed by atoms with van der Waals surface area (Å²) in [6, 6.07) is 12.7. The van der Waals surface area contributed by atoms with E-state index in [2.05, 4.69) is 16.0 Å². The van der Waals surface area contributed by atoms with Gasteiger partial charge in [0, 0.05) is 17.8 Å². The number of nitro groups is 1. The lowest BCUT2D eigenvalue weighted by atomic mass is 10.0. The van der Waals surface area contributed by atoms with Crippen molar-refractivity contribution in [1.82, 2.24) is 5.32 Å². The molecule has 0 spiro atoms. The number of carbonyl (C=O) groups is 2. The Morgan fingerprint density at radius 1 is 1.00 bits per heavy atom. The molecule has 36 heavy (non-hydrogen) atoms. The van der Waals surface area contributed by atoms with Gasteiger partial charge in [0.1, 0.15) is 11.8 Å². The number of alkyl halides is 3. The summed E-state index contributed by atoms with van der Waals surface area (Å²) in [5.74, 6) is -0.671. The first-order valence-corrected chi connectivity index (χ1v) is 10.4. The molecule has 0 saturated heterocycles. The van der Waals surface area contributed by atoms with E-state index in [1.54, 1.807) is 30.3 Å². The summed E-state index contributed by atoms with van der Waals surface area (Å²) >= 11 is 0. The molecule has 0 radical (unpaired) electrons. The molecule has 0 aliphatic carbocycles. The highest BCUT2D eigenvalue weighted by Crippen LogP contribution is 2.34. The van der Waals surface area contributed by atoms with Crippen LogP contribution in [0.2, 0.25) is 0 Å². The minimum atomic E-state index is -4.61. The number of hydrogen-bond donors (Lipinski definition) is 3. The van der Waals surface area contributed by atoms with Crippen LogP contribution < -0.4 is 20.7 Å². The number of hydrogen-bond acceptors (Lipinski definition) is 5. The Bertz CT molecular complexity index is 1280. The first kappa shape index (κ1) is 26.0. The molecule has 1 atom stereocenters. The smallest absolute Gasteiger partial charge is 0.416 e. The number of ether oxygens (including phenoxy) is 1. The standard InChI is InChI=1S/C24H21F3N4O5/c1-14-8-9-16(12-18(14)24(25,26)27)28-22(32)21(15-6-4-3-5-7-15)30-23(33)29-19-13-17(31(34)35)10-11-20(19)36-2/h3-13,21H,1-2H3,(H,28,32)(H2,29,30,33). The number of amides is 3. The van der Waals surface area contributed by atoms with Crippen molar-refractivity contribution in [3.05, 3.63) is 93.5 Å². The second-order valence-electron chi connectivity index (χ2n) is 7.60. The molecule has 0 fully saturated rings. The van der Waals surface area contributed by atoms with Crippen LogP contribution in [0, 0.1) is 17.0 Å². The van der Waals surface area contributed by atoms with Crippen LogP contribution in [-0.4, -0.2) is 24.0 Å². The van der Waals surface area contributed by atoms with Gasteiger partial charge in [-0.25, -0.2) is 4.79 Å². The summed E-state index contributed by atoms with van der Waals surface area (Å²) in [7, 11) is 1.31. The van der Waals surface area contributed by atoms with E-state index in [0.29, 0.717) is 5.56 Å². The predicted molar refractivity (Wildman–Crippen MR) is 126 cm³/mol. The lowest BCUT2D eigenvalue weighted by Gasteiger charge is -2.20. The van der Waals surface area contributed by atoms with Gasteiger partial charge in [0.15, 0.2) is 0 Å². The number of non-ortho nitro benzene ring substituents is 1. The van der Waals surface area contributed by atoms with Gasteiger partial charge in [-0.05, 0) is 36.2 Å². The number of aryl methyl sites for hydroxylation is 1. The van der Waals surface area contributed by atoms with Crippen molar-refractivity contribution in [2.75, 3.05) is 17.7 Å². The van der Waals surface area contributed by atoms with E-state index in [1.165, 1.54) is 38.3 Å². The maximum Gasteiger partial charge on any atom is 0.416 e.